The molecule has 1 heterocycles. The largest absolute Gasteiger partial charge is 0.504 e. The van der Waals surface area contributed by atoms with Crippen molar-refractivity contribution in [3.05, 3.63) is 23.8 Å². The molecule has 0 spiro atoms. The summed E-state index contributed by atoms with van der Waals surface area (Å²) in [6.45, 7) is 9.02. The summed E-state index contributed by atoms with van der Waals surface area (Å²) in [5.74, 6) is 0.835. The van der Waals surface area contributed by atoms with Gasteiger partial charge in [-0.1, -0.05) is 25.8 Å². The summed E-state index contributed by atoms with van der Waals surface area (Å²) in [4.78, 5) is 2.55. The Morgan fingerprint density at radius 3 is 2.71 bits per heavy atom. The maximum absolute atomic E-state index is 9.89. The summed E-state index contributed by atoms with van der Waals surface area (Å²) in [6, 6.07) is 6.25. The van der Waals surface area contributed by atoms with Crippen molar-refractivity contribution in [1.29, 1.82) is 0 Å². The number of phenols is 1. The third-order valence-electron chi connectivity index (χ3n) is 4.09. The molecular weight excluding hydrogens is 264 g/mol. The van der Waals surface area contributed by atoms with Crippen LogP contribution in [0.4, 0.5) is 0 Å². The summed E-state index contributed by atoms with van der Waals surface area (Å²) >= 11 is 0. The molecule has 4 heteroatoms. The molecule has 1 saturated heterocycles. The Kier molecular flexibility index (Phi) is 6.33. The van der Waals surface area contributed by atoms with E-state index in [4.69, 9.17) is 4.74 Å². The molecule has 0 bridgehead atoms. The molecule has 0 amide bonds. The Hall–Kier alpha value is -1.26. The minimum Gasteiger partial charge on any atom is -0.504 e. The minimum absolute atomic E-state index is 0.232. The number of ether oxygens (including phenoxy) is 1. The highest BCUT2D eigenvalue weighted by molar-refractivity contribution is 5.42. The Morgan fingerprint density at radius 2 is 2.05 bits per heavy atom. The third-order valence-corrected chi connectivity index (χ3v) is 4.09. The monoisotopic (exact) mass is 292 g/mol. The lowest BCUT2D eigenvalue weighted by atomic mass is 9.98. The van der Waals surface area contributed by atoms with Crippen LogP contribution in [0.1, 0.15) is 44.7 Å². The fraction of sp³-hybridized carbons (Fsp3) is 0.647. The van der Waals surface area contributed by atoms with Crippen LogP contribution in [0, 0.1) is 0 Å². The molecule has 1 aromatic rings. The van der Waals surface area contributed by atoms with Crippen LogP contribution in [0.15, 0.2) is 18.2 Å². The average molecular weight is 292 g/mol. The second-order valence-electron chi connectivity index (χ2n) is 5.60. The molecule has 0 aliphatic carbocycles. The topological polar surface area (TPSA) is 44.7 Å². The summed E-state index contributed by atoms with van der Waals surface area (Å²) in [5, 5.41) is 13.3. The van der Waals surface area contributed by atoms with Crippen LogP contribution in [0.5, 0.6) is 11.5 Å². The van der Waals surface area contributed by atoms with Gasteiger partial charge in [-0.25, -0.2) is 0 Å². The summed E-state index contributed by atoms with van der Waals surface area (Å²) in [7, 11) is 0. The van der Waals surface area contributed by atoms with E-state index in [9.17, 15) is 5.11 Å². The van der Waals surface area contributed by atoms with E-state index in [2.05, 4.69) is 17.1 Å². The number of phenolic OH excluding ortho intramolecular Hbond substituents is 1. The van der Waals surface area contributed by atoms with Crippen molar-refractivity contribution >= 4 is 0 Å². The number of unbranched alkanes of at least 4 members (excludes halogenated alkanes) is 1. The number of benzene rings is 1. The smallest absolute Gasteiger partial charge is 0.161 e. The lowest BCUT2D eigenvalue weighted by molar-refractivity contribution is 0.162. The van der Waals surface area contributed by atoms with Gasteiger partial charge in [0.15, 0.2) is 11.5 Å². The normalized spacial score (nSPS) is 17.6. The van der Waals surface area contributed by atoms with Gasteiger partial charge in [-0.2, -0.15) is 0 Å². The summed E-state index contributed by atoms with van der Waals surface area (Å²) in [6.07, 6.45) is 3.59. The van der Waals surface area contributed by atoms with Crippen molar-refractivity contribution < 1.29 is 9.84 Å². The van der Waals surface area contributed by atoms with E-state index in [0.29, 0.717) is 18.4 Å². The zero-order valence-corrected chi connectivity index (χ0v) is 13.3. The van der Waals surface area contributed by atoms with E-state index in [1.54, 1.807) is 6.07 Å². The fourth-order valence-electron chi connectivity index (χ4n) is 2.96. The molecule has 0 radical (unpaired) electrons. The summed E-state index contributed by atoms with van der Waals surface area (Å²) in [5.41, 5.74) is 1.26. The molecule has 2 rings (SSSR count). The van der Waals surface area contributed by atoms with E-state index in [1.165, 1.54) is 18.4 Å². The maximum Gasteiger partial charge on any atom is 0.161 e. The maximum atomic E-state index is 9.89. The van der Waals surface area contributed by atoms with Gasteiger partial charge in [0.05, 0.1) is 6.61 Å². The lowest BCUT2D eigenvalue weighted by Crippen LogP contribution is -2.45. The Bertz CT molecular complexity index is 431. The van der Waals surface area contributed by atoms with Crippen molar-refractivity contribution in [2.45, 2.75) is 39.2 Å². The predicted molar refractivity (Wildman–Crippen MR) is 86.0 cm³/mol. The number of nitrogens with zero attached hydrogens (tertiary/aromatic N) is 1. The van der Waals surface area contributed by atoms with Gasteiger partial charge < -0.3 is 15.2 Å². The van der Waals surface area contributed by atoms with Crippen LogP contribution in [-0.4, -0.2) is 42.8 Å². The molecule has 4 nitrogen and oxygen atoms in total. The highest BCUT2D eigenvalue weighted by atomic mass is 16.5. The van der Waals surface area contributed by atoms with Gasteiger partial charge in [0, 0.05) is 32.2 Å². The van der Waals surface area contributed by atoms with Crippen LogP contribution >= 0.6 is 0 Å². The van der Waals surface area contributed by atoms with Crippen molar-refractivity contribution in [3.63, 3.8) is 0 Å². The van der Waals surface area contributed by atoms with Crippen molar-refractivity contribution in [3.8, 4) is 11.5 Å². The first kappa shape index (κ1) is 16.1. The molecule has 1 aromatic carbocycles. The van der Waals surface area contributed by atoms with Crippen molar-refractivity contribution in [2.24, 2.45) is 0 Å². The van der Waals surface area contributed by atoms with Gasteiger partial charge in [0.2, 0.25) is 0 Å². The number of nitrogens with one attached hydrogen (secondary N) is 1. The molecule has 118 valence electrons. The lowest BCUT2D eigenvalue weighted by Gasteiger charge is -2.35. The predicted octanol–water partition coefficient (Wildman–Crippen LogP) is 2.93. The molecule has 21 heavy (non-hydrogen) atoms. The quantitative estimate of drug-likeness (QED) is 0.811. The van der Waals surface area contributed by atoms with E-state index >= 15 is 0 Å². The van der Waals surface area contributed by atoms with Crippen LogP contribution in [0.3, 0.4) is 0 Å². The first-order valence-electron chi connectivity index (χ1n) is 8.16. The van der Waals surface area contributed by atoms with Crippen LogP contribution in [0.2, 0.25) is 0 Å². The number of hydrogen-bond acceptors (Lipinski definition) is 4. The fourth-order valence-corrected chi connectivity index (χ4v) is 2.96. The zero-order chi connectivity index (χ0) is 15.1. The third kappa shape index (κ3) is 4.35. The minimum atomic E-state index is 0.232. The van der Waals surface area contributed by atoms with Gasteiger partial charge >= 0.3 is 0 Å². The van der Waals surface area contributed by atoms with Gasteiger partial charge in [-0.15, -0.1) is 0 Å². The van der Waals surface area contributed by atoms with E-state index in [-0.39, 0.29) is 5.75 Å². The molecule has 1 aliphatic rings. The van der Waals surface area contributed by atoms with E-state index in [0.717, 1.165) is 32.6 Å². The average Bonchev–Trinajstić information content (AvgIpc) is 2.52. The zero-order valence-electron chi connectivity index (χ0n) is 13.3. The van der Waals surface area contributed by atoms with Gasteiger partial charge in [0.1, 0.15) is 0 Å². The molecule has 0 saturated carbocycles. The highest BCUT2D eigenvalue weighted by Gasteiger charge is 2.22. The Morgan fingerprint density at radius 1 is 1.29 bits per heavy atom. The Labute approximate surface area is 128 Å². The Balaban J connectivity index is 2.20. The second-order valence-corrected chi connectivity index (χ2v) is 5.60. The molecule has 1 aliphatic heterocycles. The van der Waals surface area contributed by atoms with Crippen molar-refractivity contribution in [1.82, 2.24) is 10.2 Å². The molecule has 0 aromatic heterocycles. The SMILES string of the molecule is CCCC[C@@H](c1ccc(O)c(OCC)c1)N1CCNCC1. The second kappa shape index (κ2) is 8.25. The van der Waals surface area contributed by atoms with Gasteiger partial charge in [-0.3, -0.25) is 4.90 Å². The molecule has 1 fully saturated rings. The number of piperazine rings is 1. The summed E-state index contributed by atoms with van der Waals surface area (Å²) < 4.78 is 5.54. The molecular formula is C17H28N2O2. The number of rotatable bonds is 7. The molecule has 0 unspecified atom stereocenters. The van der Waals surface area contributed by atoms with Crippen LogP contribution in [0.25, 0.3) is 0 Å². The highest BCUT2D eigenvalue weighted by Crippen LogP contribution is 2.33. The first-order valence-corrected chi connectivity index (χ1v) is 8.16. The van der Waals surface area contributed by atoms with Crippen LogP contribution in [-0.2, 0) is 0 Å². The standard InChI is InChI=1S/C17H28N2O2/c1-3-5-6-15(19-11-9-18-10-12-19)14-7-8-16(20)17(13-14)21-4-2/h7-8,13,15,18,20H,3-6,9-12H2,1-2H3/t15-/m0/s1. The van der Waals surface area contributed by atoms with Crippen LogP contribution < -0.4 is 10.1 Å². The molecule has 1 atom stereocenters. The van der Waals surface area contributed by atoms with Gasteiger partial charge in [0.25, 0.3) is 0 Å². The first-order chi connectivity index (χ1) is 10.3. The van der Waals surface area contributed by atoms with Crippen molar-refractivity contribution in [2.75, 3.05) is 32.8 Å². The molecule has 2 N–H and O–H groups in total. The number of aromatic hydroxyl groups is 1. The number of hydrogen-bond donors (Lipinski definition) is 2. The van der Waals surface area contributed by atoms with Gasteiger partial charge in [-0.05, 0) is 31.0 Å². The van der Waals surface area contributed by atoms with E-state index in [1.807, 2.05) is 19.1 Å². The van der Waals surface area contributed by atoms with E-state index < -0.39 is 0 Å².